The van der Waals surface area contributed by atoms with E-state index in [9.17, 15) is 9.90 Å². The molecule has 6 rings (SSSR count). The largest absolute Gasteiger partial charge is 0.494 e. The Kier molecular flexibility index (Phi) is 5.41. The lowest BCUT2D eigenvalue weighted by molar-refractivity contribution is -0.170. The molecular weight excluding hydrogens is 470 g/mol. The Morgan fingerprint density at radius 1 is 1.24 bits per heavy atom. The molecule has 0 aliphatic heterocycles. The normalized spacial score (nSPS) is 13.0. The van der Waals surface area contributed by atoms with E-state index in [1.54, 1.807) is 7.05 Å². The van der Waals surface area contributed by atoms with Gasteiger partial charge in [0, 0.05) is 65.8 Å². The average Bonchev–Trinajstić information content (AvgIpc) is 3.54. The molecule has 0 atom stereocenters. The molecule has 3 heterocycles. The van der Waals surface area contributed by atoms with E-state index in [2.05, 4.69) is 35.7 Å². The Bertz CT molecular complexity index is 1690. The first kappa shape index (κ1) is 23.4. The van der Waals surface area contributed by atoms with E-state index in [1.165, 1.54) is 18.2 Å². The zero-order chi connectivity index (χ0) is 26.0. The van der Waals surface area contributed by atoms with E-state index in [0.29, 0.717) is 11.7 Å². The quantitative estimate of drug-likeness (QED) is 0.333. The molecule has 0 saturated heterocycles. The molecule has 37 heavy (non-hydrogen) atoms. The van der Waals surface area contributed by atoms with Crippen LogP contribution in [-0.4, -0.2) is 56.2 Å². The van der Waals surface area contributed by atoms with Crippen LogP contribution in [0.1, 0.15) is 25.1 Å². The highest BCUT2D eigenvalue weighted by atomic mass is 16.7. The third kappa shape index (κ3) is 3.56. The van der Waals surface area contributed by atoms with Gasteiger partial charge >= 0.3 is 0 Å². The second-order valence-corrected chi connectivity index (χ2v) is 10.2. The fourth-order valence-corrected chi connectivity index (χ4v) is 5.75. The molecule has 0 radical (unpaired) electrons. The summed E-state index contributed by atoms with van der Waals surface area (Å²) in [6.07, 6.45) is 5.63. The summed E-state index contributed by atoms with van der Waals surface area (Å²) in [5, 5.41) is 20.7. The fourth-order valence-electron chi connectivity index (χ4n) is 5.75. The average molecular weight is 502 g/mol. The van der Waals surface area contributed by atoms with E-state index in [-0.39, 0.29) is 18.4 Å². The number of carbonyl (C=O) groups excluding carboxylic acids is 1. The van der Waals surface area contributed by atoms with E-state index < -0.39 is 0 Å². The van der Waals surface area contributed by atoms with Crippen molar-refractivity contribution in [1.82, 2.24) is 24.4 Å². The third-order valence-corrected chi connectivity index (χ3v) is 7.32. The Morgan fingerprint density at radius 3 is 2.81 bits per heavy atom. The van der Waals surface area contributed by atoms with Crippen molar-refractivity contribution in [3.63, 3.8) is 0 Å². The number of aromatic nitrogens is 4. The number of nitrogens with zero attached hydrogens (tertiary/aromatic N) is 4. The summed E-state index contributed by atoms with van der Waals surface area (Å²) in [7, 11) is 4.94. The molecule has 9 heteroatoms. The van der Waals surface area contributed by atoms with Crippen molar-refractivity contribution in [3.8, 4) is 22.8 Å². The molecule has 192 valence electrons. The number of likely N-dealkylation sites (N-methyl/N-ethyl adjacent to an activating group) is 1. The molecule has 0 spiro atoms. The number of fused-ring (bicyclic) bond motifs is 10. The summed E-state index contributed by atoms with van der Waals surface area (Å²) in [6, 6.07) is 5.99. The van der Waals surface area contributed by atoms with Crippen LogP contribution < -0.4 is 4.74 Å². The van der Waals surface area contributed by atoms with Gasteiger partial charge in [0.25, 0.3) is 5.91 Å². The van der Waals surface area contributed by atoms with Crippen LogP contribution in [0.3, 0.4) is 0 Å². The molecule has 0 bridgehead atoms. The van der Waals surface area contributed by atoms with Crippen molar-refractivity contribution >= 4 is 38.5 Å². The van der Waals surface area contributed by atoms with Gasteiger partial charge < -0.3 is 19.4 Å². The minimum Gasteiger partial charge on any atom is -0.494 e. The van der Waals surface area contributed by atoms with E-state index in [1.807, 2.05) is 30.1 Å². The number of benzene rings is 2. The topological polar surface area (TPSA) is 97.5 Å². The lowest BCUT2D eigenvalue weighted by Crippen LogP contribution is -2.30. The number of hydrogen-bond acceptors (Lipinski definition) is 5. The van der Waals surface area contributed by atoms with Crippen molar-refractivity contribution in [2.45, 2.75) is 33.2 Å². The predicted molar refractivity (Wildman–Crippen MR) is 143 cm³/mol. The Hall–Kier alpha value is -3.98. The highest BCUT2D eigenvalue weighted by Crippen LogP contribution is 2.49. The number of hydrogen-bond donors (Lipinski definition) is 2. The van der Waals surface area contributed by atoms with E-state index in [4.69, 9.17) is 14.7 Å². The van der Waals surface area contributed by atoms with Gasteiger partial charge in [0.1, 0.15) is 5.75 Å². The third-order valence-electron chi connectivity index (χ3n) is 7.32. The molecule has 0 unspecified atom stereocenters. The smallest absolute Gasteiger partial charge is 0.283 e. The zero-order valence-corrected chi connectivity index (χ0v) is 21.8. The summed E-state index contributed by atoms with van der Waals surface area (Å²) in [4.78, 5) is 20.3. The van der Waals surface area contributed by atoms with Crippen molar-refractivity contribution in [3.05, 3.63) is 41.9 Å². The highest BCUT2D eigenvalue weighted by molar-refractivity contribution is 6.26. The number of aromatic hydroxyl groups is 1. The molecule has 9 nitrogen and oxygen atoms in total. The van der Waals surface area contributed by atoms with Crippen LogP contribution in [0.2, 0.25) is 0 Å². The number of rotatable bonds is 6. The zero-order valence-electron chi connectivity index (χ0n) is 21.8. The summed E-state index contributed by atoms with van der Waals surface area (Å²) in [5.74, 6) is 0.925. The lowest BCUT2D eigenvalue weighted by Gasteiger charge is -2.21. The summed E-state index contributed by atoms with van der Waals surface area (Å²) >= 11 is 0. The number of nitrogens with one attached hydrogen (secondary N) is 1. The van der Waals surface area contributed by atoms with E-state index in [0.717, 1.165) is 68.3 Å². The number of aromatic amines is 1. The number of amides is 1. The number of aryl methyl sites for hydroxylation is 3. The fraction of sp³-hybridized carbons (Fsp3) is 0.357. The van der Waals surface area contributed by atoms with Crippen LogP contribution in [0.15, 0.2) is 30.6 Å². The summed E-state index contributed by atoms with van der Waals surface area (Å²) in [6.45, 7) is 5.17. The van der Waals surface area contributed by atoms with Crippen LogP contribution in [0.25, 0.3) is 43.7 Å². The highest BCUT2D eigenvalue weighted by Gasteiger charge is 2.30. The van der Waals surface area contributed by atoms with Gasteiger partial charge in [-0.3, -0.25) is 14.3 Å². The van der Waals surface area contributed by atoms with Crippen LogP contribution in [0.4, 0.5) is 0 Å². The SMILES string of the molecule is CON(C)C(=O)COc1ccc2c(c1)c1c3c[nH]c(O)c3c3c(c1n2CC(C)C)CCc1nn(C)cc1-3. The van der Waals surface area contributed by atoms with Crippen LogP contribution in [-0.2, 0) is 36.1 Å². The molecule has 1 aliphatic rings. The standard InChI is InChI=1S/C28H31N5O4/c1-15(2)12-33-22-9-6-16(37-14-23(34)32(4)36-5)10-18(22)25-19-11-29-28(35)26(19)24-17(27(25)33)7-8-21-20(24)13-31(3)30-21/h6,9-11,13,15,29,35H,7-8,12,14H2,1-5H3. The Labute approximate surface area is 214 Å². The number of carbonyl (C=O) groups is 1. The molecule has 5 aromatic rings. The van der Waals surface area contributed by atoms with Gasteiger partial charge in [-0.05, 0) is 42.5 Å². The van der Waals surface area contributed by atoms with Crippen LogP contribution in [0.5, 0.6) is 11.6 Å². The maximum Gasteiger partial charge on any atom is 0.283 e. The first-order valence-corrected chi connectivity index (χ1v) is 12.6. The Balaban J connectivity index is 1.65. The molecule has 1 amide bonds. The Morgan fingerprint density at radius 2 is 2.05 bits per heavy atom. The first-order chi connectivity index (χ1) is 17.8. The number of hydroxylamine groups is 2. The molecule has 1 aliphatic carbocycles. The number of H-pyrrole nitrogens is 1. The molecular formula is C28H31N5O4. The monoisotopic (exact) mass is 501 g/mol. The number of ether oxygens (including phenoxy) is 1. The van der Waals surface area contributed by atoms with Crippen molar-refractivity contribution in [2.24, 2.45) is 13.0 Å². The predicted octanol–water partition coefficient (Wildman–Crippen LogP) is 4.54. The van der Waals surface area contributed by atoms with Gasteiger partial charge in [0.05, 0.1) is 23.7 Å². The van der Waals surface area contributed by atoms with Crippen LogP contribution >= 0.6 is 0 Å². The van der Waals surface area contributed by atoms with Crippen molar-refractivity contribution in [2.75, 3.05) is 20.8 Å². The van der Waals surface area contributed by atoms with Gasteiger partial charge in [-0.15, -0.1) is 0 Å². The molecule has 0 fully saturated rings. The summed E-state index contributed by atoms with van der Waals surface area (Å²) < 4.78 is 10.1. The van der Waals surface area contributed by atoms with Crippen molar-refractivity contribution in [1.29, 1.82) is 0 Å². The molecule has 2 N–H and O–H groups in total. The lowest BCUT2D eigenvalue weighted by atomic mass is 9.85. The first-order valence-electron chi connectivity index (χ1n) is 12.6. The second kappa shape index (κ2) is 8.55. The molecule has 2 aromatic carbocycles. The van der Waals surface area contributed by atoms with Gasteiger partial charge in [0.2, 0.25) is 0 Å². The van der Waals surface area contributed by atoms with Gasteiger partial charge in [-0.2, -0.15) is 5.10 Å². The molecule has 3 aromatic heterocycles. The van der Waals surface area contributed by atoms with Gasteiger partial charge in [-0.25, -0.2) is 5.06 Å². The second-order valence-electron chi connectivity index (χ2n) is 10.2. The summed E-state index contributed by atoms with van der Waals surface area (Å²) in [5.41, 5.74) is 6.72. The van der Waals surface area contributed by atoms with Gasteiger partial charge in [0.15, 0.2) is 12.5 Å². The molecule has 0 saturated carbocycles. The maximum atomic E-state index is 12.2. The van der Waals surface area contributed by atoms with Gasteiger partial charge in [-0.1, -0.05) is 13.8 Å². The van der Waals surface area contributed by atoms with Crippen LogP contribution in [0, 0.1) is 5.92 Å². The minimum atomic E-state index is -0.274. The maximum absolute atomic E-state index is 12.2. The minimum absolute atomic E-state index is 0.125. The van der Waals surface area contributed by atoms with E-state index >= 15 is 0 Å². The van der Waals surface area contributed by atoms with Crippen molar-refractivity contribution < 1.29 is 19.5 Å².